The van der Waals surface area contributed by atoms with Crippen molar-refractivity contribution in [1.29, 1.82) is 0 Å². The van der Waals surface area contributed by atoms with E-state index in [1.165, 1.54) is 13.3 Å². The van der Waals surface area contributed by atoms with Gasteiger partial charge in [0.1, 0.15) is 41.4 Å². The minimum atomic E-state index is -1.38. The van der Waals surface area contributed by atoms with Crippen molar-refractivity contribution in [1.82, 2.24) is 25.6 Å². The van der Waals surface area contributed by atoms with Gasteiger partial charge in [0.25, 0.3) is 5.91 Å². The number of nitrogens with zero attached hydrogens (tertiary/aromatic N) is 2. The van der Waals surface area contributed by atoms with Crippen molar-refractivity contribution in [3.05, 3.63) is 41.1 Å². The number of amides is 2. The number of aryl methyl sites for hydroxylation is 2. The van der Waals surface area contributed by atoms with Gasteiger partial charge in [0, 0.05) is 18.2 Å². The predicted molar refractivity (Wildman–Crippen MR) is 141 cm³/mol. The largest absolute Gasteiger partial charge is 0.492 e. The van der Waals surface area contributed by atoms with E-state index in [1.54, 1.807) is 26.0 Å². The maximum Gasteiger partial charge on any atom is 0.255 e. The smallest absolute Gasteiger partial charge is 0.255 e. The Balaban J connectivity index is 1.40. The Bertz CT molecular complexity index is 1400. The van der Waals surface area contributed by atoms with Crippen LogP contribution in [0.2, 0.25) is 0 Å². The topological polar surface area (TPSA) is 129 Å². The highest BCUT2D eigenvalue weighted by Gasteiger charge is 2.34. The molecule has 208 valence electrons. The summed E-state index contributed by atoms with van der Waals surface area (Å²) in [6.45, 7) is 5.21. The Morgan fingerprint density at radius 1 is 1.18 bits per heavy atom. The normalized spacial score (nSPS) is 21.9. The molecule has 0 aliphatic heterocycles. The maximum absolute atomic E-state index is 15.5. The van der Waals surface area contributed by atoms with Crippen LogP contribution in [-0.4, -0.2) is 62.8 Å². The van der Waals surface area contributed by atoms with Crippen LogP contribution in [0, 0.1) is 25.6 Å². The number of hydrogen-bond acceptors (Lipinski definition) is 6. The first-order chi connectivity index (χ1) is 18.6. The molecule has 0 bridgehead atoms. The average molecular weight is 542 g/mol. The molecule has 2 aliphatic carbocycles. The van der Waals surface area contributed by atoms with Crippen LogP contribution < -0.4 is 15.4 Å². The molecule has 4 atom stereocenters. The summed E-state index contributed by atoms with van der Waals surface area (Å²) in [5.41, 5.74) is 2.35. The zero-order valence-corrected chi connectivity index (χ0v) is 22.2. The van der Waals surface area contributed by atoms with E-state index in [0.717, 1.165) is 12.8 Å². The van der Waals surface area contributed by atoms with Crippen molar-refractivity contribution in [2.45, 2.75) is 77.2 Å². The zero-order chi connectivity index (χ0) is 27.8. The third-order valence-corrected chi connectivity index (χ3v) is 7.52. The first-order valence-electron chi connectivity index (χ1n) is 13.3. The Kier molecular flexibility index (Phi) is 7.53. The van der Waals surface area contributed by atoms with Gasteiger partial charge in [0.15, 0.2) is 0 Å². The number of nitrogens with one attached hydrogen (secondary N) is 3. The molecule has 2 fully saturated rings. The molecule has 1 aromatic carbocycles. The Hall–Kier alpha value is -3.60. The summed E-state index contributed by atoms with van der Waals surface area (Å²) in [6.07, 6.45) is 1.70. The van der Waals surface area contributed by atoms with E-state index < -0.39 is 42.0 Å². The number of H-pyrrole nitrogens is 1. The standard InChI is InChI=1S/C28H33F2N5O4/c1-13-4-9-20(39-11-16-5-6-16)22(23(13)30)25-26-24(31-12-32-25)21(14(2)33-26)28(38)35-19-8-7-17(10-18(19)29)34-27(37)15(3)36/h4,9,12,15-19,33,36H,5-8,10-11H2,1-3H3,(H,34,37)(H,35,38)/t15-,17-,18+,19-/m0/s1. The molecule has 2 aromatic heterocycles. The summed E-state index contributed by atoms with van der Waals surface area (Å²) in [4.78, 5) is 36.9. The molecule has 0 spiro atoms. The van der Waals surface area contributed by atoms with Crippen molar-refractivity contribution in [3.8, 4) is 17.0 Å². The lowest BCUT2D eigenvalue weighted by Gasteiger charge is -2.32. The number of carbonyl (C=O) groups is 2. The van der Waals surface area contributed by atoms with Gasteiger partial charge < -0.3 is 25.5 Å². The van der Waals surface area contributed by atoms with Crippen LogP contribution in [0.3, 0.4) is 0 Å². The van der Waals surface area contributed by atoms with E-state index in [-0.39, 0.29) is 23.2 Å². The third-order valence-electron chi connectivity index (χ3n) is 7.52. The second-order valence-electron chi connectivity index (χ2n) is 10.7. The Morgan fingerprint density at radius 2 is 1.95 bits per heavy atom. The number of alkyl halides is 1. The highest BCUT2D eigenvalue weighted by Crippen LogP contribution is 2.39. The van der Waals surface area contributed by atoms with Crippen molar-refractivity contribution in [2.24, 2.45) is 5.92 Å². The van der Waals surface area contributed by atoms with Crippen LogP contribution in [-0.2, 0) is 4.79 Å². The van der Waals surface area contributed by atoms with Gasteiger partial charge in [0.2, 0.25) is 5.91 Å². The predicted octanol–water partition coefficient (Wildman–Crippen LogP) is 3.66. The second kappa shape index (κ2) is 10.9. The summed E-state index contributed by atoms with van der Waals surface area (Å²) < 4.78 is 36.4. The molecule has 9 nitrogen and oxygen atoms in total. The highest BCUT2D eigenvalue weighted by atomic mass is 19.1. The fraction of sp³-hybridized carbons (Fsp3) is 0.500. The van der Waals surface area contributed by atoms with Crippen molar-refractivity contribution in [2.75, 3.05) is 6.61 Å². The molecular formula is C28H33F2N5O4. The van der Waals surface area contributed by atoms with Crippen molar-refractivity contribution in [3.63, 3.8) is 0 Å². The van der Waals surface area contributed by atoms with Crippen LogP contribution in [0.25, 0.3) is 22.3 Å². The van der Waals surface area contributed by atoms with Crippen LogP contribution in [0.5, 0.6) is 5.75 Å². The first-order valence-corrected chi connectivity index (χ1v) is 13.3. The monoisotopic (exact) mass is 541 g/mol. The molecule has 2 saturated carbocycles. The number of rotatable bonds is 8. The number of aromatic nitrogens is 3. The van der Waals surface area contributed by atoms with E-state index in [2.05, 4.69) is 25.6 Å². The number of halogens is 2. The molecule has 2 heterocycles. The number of carbonyl (C=O) groups excluding carboxylic acids is 2. The number of aliphatic hydroxyl groups is 1. The molecule has 4 N–H and O–H groups in total. The van der Waals surface area contributed by atoms with E-state index in [1.807, 2.05) is 0 Å². The van der Waals surface area contributed by atoms with E-state index >= 15 is 4.39 Å². The highest BCUT2D eigenvalue weighted by molar-refractivity contribution is 6.09. The maximum atomic E-state index is 15.5. The molecular weight excluding hydrogens is 508 g/mol. The Morgan fingerprint density at radius 3 is 2.64 bits per heavy atom. The van der Waals surface area contributed by atoms with Gasteiger partial charge in [-0.05, 0) is 64.0 Å². The number of fused-ring (bicyclic) bond motifs is 1. The first kappa shape index (κ1) is 27.0. The number of hydrogen-bond donors (Lipinski definition) is 4. The van der Waals surface area contributed by atoms with Crippen LogP contribution in [0.1, 0.15) is 60.6 Å². The summed E-state index contributed by atoms with van der Waals surface area (Å²) in [5, 5.41) is 14.8. The molecule has 3 aromatic rings. The van der Waals surface area contributed by atoms with E-state index in [0.29, 0.717) is 53.4 Å². The molecule has 39 heavy (non-hydrogen) atoms. The van der Waals surface area contributed by atoms with Crippen molar-refractivity contribution < 1.29 is 28.2 Å². The minimum absolute atomic E-state index is 0.0266. The molecule has 5 rings (SSSR count). The van der Waals surface area contributed by atoms with Gasteiger partial charge in [0.05, 0.1) is 29.3 Å². The molecule has 2 aliphatic rings. The molecule has 11 heteroatoms. The van der Waals surface area contributed by atoms with Crippen molar-refractivity contribution >= 4 is 22.8 Å². The number of aromatic amines is 1. The van der Waals surface area contributed by atoms with Crippen LogP contribution in [0.4, 0.5) is 8.78 Å². The lowest BCUT2D eigenvalue weighted by molar-refractivity contribution is -0.129. The number of aliphatic hydroxyl groups excluding tert-OH is 1. The van der Waals surface area contributed by atoms with Gasteiger partial charge in [-0.25, -0.2) is 18.7 Å². The van der Waals surface area contributed by atoms with Crippen LogP contribution in [0.15, 0.2) is 18.5 Å². The fourth-order valence-electron chi connectivity index (χ4n) is 5.06. The summed E-state index contributed by atoms with van der Waals surface area (Å²) in [7, 11) is 0. The lowest BCUT2D eigenvalue weighted by Crippen LogP contribution is -2.51. The minimum Gasteiger partial charge on any atom is -0.492 e. The van der Waals surface area contributed by atoms with E-state index in [9.17, 15) is 19.1 Å². The number of ether oxygens (including phenoxy) is 1. The quantitative estimate of drug-likeness (QED) is 0.345. The van der Waals surface area contributed by atoms with Gasteiger partial charge >= 0.3 is 0 Å². The third kappa shape index (κ3) is 5.59. The fourth-order valence-corrected chi connectivity index (χ4v) is 5.06. The zero-order valence-electron chi connectivity index (χ0n) is 22.2. The van der Waals surface area contributed by atoms with Gasteiger partial charge in [-0.3, -0.25) is 9.59 Å². The van der Waals surface area contributed by atoms with Gasteiger partial charge in [-0.2, -0.15) is 0 Å². The molecule has 2 amide bonds. The second-order valence-corrected chi connectivity index (χ2v) is 10.7. The van der Waals surface area contributed by atoms with Crippen LogP contribution >= 0.6 is 0 Å². The number of benzene rings is 1. The summed E-state index contributed by atoms with van der Waals surface area (Å²) in [6, 6.07) is 2.23. The Labute approximate surface area is 224 Å². The molecule has 0 radical (unpaired) electrons. The summed E-state index contributed by atoms with van der Waals surface area (Å²) in [5.74, 6) is -0.660. The molecule has 0 saturated heterocycles. The molecule has 0 unspecified atom stereocenters. The van der Waals surface area contributed by atoms with Gasteiger partial charge in [-0.1, -0.05) is 6.07 Å². The van der Waals surface area contributed by atoms with E-state index in [4.69, 9.17) is 4.74 Å². The average Bonchev–Trinajstić information content (AvgIpc) is 3.66. The lowest BCUT2D eigenvalue weighted by atomic mass is 9.89. The SMILES string of the molecule is Cc1ccc(OCC2CC2)c(-c2ncnc3c(C(=O)N[C@H]4CC[C@H](NC(=O)[C@H](C)O)C[C@H]4F)c(C)[nH]c23)c1F. The van der Waals surface area contributed by atoms with Gasteiger partial charge in [-0.15, -0.1) is 0 Å². The summed E-state index contributed by atoms with van der Waals surface area (Å²) >= 11 is 0.